The zero-order valence-electron chi connectivity index (χ0n) is 16.7. The molecule has 164 valence electrons. The Morgan fingerprint density at radius 1 is 0.968 bits per heavy atom. The number of para-hydroxylation sites is 2. The lowest BCUT2D eigenvalue weighted by Gasteiger charge is -2.34. The van der Waals surface area contributed by atoms with E-state index in [1.54, 1.807) is 18.0 Å². The van der Waals surface area contributed by atoms with Crippen molar-refractivity contribution >= 4 is 50.2 Å². The number of aryl methyl sites for hydroxylation is 1. The van der Waals surface area contributed by atoms with Crippen LogP contribution in [0.1, 0.15) is 0 Å². The number of hydrogen-bond acceptors (Lipinski definition) is 4. The van der Waals surface area contributed by atoms with Gasteiger partial charge in [0.15, 0.2) is 0 Å². The van der Waals surface area contributed by atoms with E-state index in [-0.39, 0.29) is 59.3 Å². The number of imidazole rings is 1. The Balaban J connectivity index is 1.47. The van der Waals surface area contributed by atoms with Gasteiger partial charge >= 0.3 is 5.69 Å². The van der Waals surface area contributed by atoms with Gasteiger partial charge in [-0.15, -0.1) is 0 Å². The van der Waals surface area contributed by atoms with E-state index in [0.717, 1.165) is 5.52 Å². The first kappa shape index (κ1) is 21.9. The summed E-state index contributed by atoms with van der Waals surface area (Å²) < 4.78 is 30.0. The molecule has 0 aliphatic carbocycles. The third kappa shape index (κ3) is 3.98. The van der Waals surface area contributed by atoms with E-state index in [2.05, 4.69) is 0 Å². The van der Waals surface area contributed by atoms with Gasteiger partial charge in [-0.2, -0.15) is 4.31 Å². The summed E-state index contributed by atoms with van der Waals surface area (Å²) in [6.45, 7) is 0.676. The summed E-state index contributed by atoms with van der Waals surface area (Å²) >= 11 is 11.8. The molecule has 0 unspecified atom stereocenters. The van der Waals surface area contributed by atoms with Crippen molar-refractivity contribution in [1.29, 1.82) is 0 Å². The normalized spacial score (nSPS) is 15.5. The van der Waals surface area contributed by atoms with Crippen molar-refractivity contribution in [3.63, 3.8) is 0 Å². The van der Waals surface area contributed by atoms with Crippen molar-refractivity contribution in [2.24, 2.45) is 7.05 Å². The van der Waals surface area contributed by atoms with E-state index in [1.807, 2.05) is 18.2 Å². The van der Waals surface area contributed by atoms with E-state index in [4.69, 9.17) is 23.2 Å². The lowest BCUT2D eigenvalue weighted by atomic mass is 10.3. The third-order valence-corrected chi connectivity index (χ3v) is 8.10. The number of piperazine rings is 1. The number of aromatic nitrogens is 2. The first-order chi connectivity index (χ1) is 14.7. The quantitative estimate of drug-likeness (QED) is 0.570. The van der Waals surface area contributed by atoms with Gasteiger partial charge in [0.2, 0.25) is 15.9 Å². The maximum Gasteiger partial charge on any atom is 0.329 e. The predicted molar refractivity (Wildman–Crippen MR) is 119 cm³/mol. The standard InChI is InChI=1S/C20H20Cl2N4O4S/c1-23-17-4-2-3-5-18(17)26(20(23)28)13-19(27)24-8-10-25(11-9-24)31(29,30)14-6-7-15(21)16(22)12-14/h2-7,12H,8-11,13H2,1H3. The van der Waals surface area contributed by atoms with Gasteiger partial charge in [-0.1, -0.05) is 35.3 Å². The molecule has 1 aromatic heterocycles. The van der Waals surface area contributed by atoms with Crippen LogP contribution in [-0.4, -0.2) is 58.8 Å². The number of benzene rings is 2. The minimum Gasteiger partial charge on any atom is -0.338 e. The minimum atomic E-state index is -3.75. The summed E-state index contributed by atoms with van der Waals surface area (Å²) in [6.07, 6.45) is 0. The molecule has 0 spiro atoms. The number of nitrogens with zero attached hydrogens (tertiary/aromatic N) is 4. The number of rotatable bonds is 4. The molecular formula is C20H20Cl2N4O4S. The smallest absolute Gasteiger partial charge is 0.329 e. The molecule has 0 radical (unpaired) electrons. The maximum absolute atomic E-state index is 12.9. The average molecular weight is 483 g/mol. The molecule has 0 saturated carbocycles. The molecule has 11 heteroatoms. The molecule has 31 heavy (non-hydrogen) atoms. The monoisotopic (exact) mass is 482 g/mol. The van der Waals surface area contributed by atoms with Gasteiger partial charge in [-0.25, -0.2) is 13.2 Å². The molecule has 1 amide bonds. The second-order valence-electron chi connectivity index (χ2n) is 7.28. The fourth-order valence-corrected chi connectivity index (χ4v) is 5.53. The Morgan fingerprint density at radius 2 is 1.61 bits per heavy atom. The van der Waals surface area contributed by atoms with Crippen LogP contribution < -0.4 is 5.69 Å². The van der Waals surface area contributed by atoms with Crippen LogP contribution >= 0.6 is 23.2 Å². The van der Waals surface area contributed by atoms with Gasteiger partial charge in [-0.05, 0) is 30.3 Å². The van der Waals surface area contributed by atoms with E-state index < -0.39 is 10.0 Å². The van der Waals surface area contributed by atoms with Crippen molar-refractivity contribution in [1.82, 2.24) is 18.3 Å². The van der Waals surface area contributed by atoms with Crippen LogP contribution in [0.4, 0.5) is 0 Å². The number of carbonyl (C=O) groups excluding carboxylic acids is 1. The second-order valence-corrected chi connectivity index (χ2v) is 10.0. The number of hydrogen-bond donors (Lipinski definition) is 0. The topological polar surface area (TPSA) is 84.6 Å². The zero-order chi connectivity index (χ0) is 22.3. The SMILES string of the molecule is Cn1c(=O)n(CC(=O)N2CCN(S(=O)(=O)c3ccc(Cl)c(Cl)c3)CC2)c2ccccc21. The van der Waals surface area contributed by atoms with E-state index in [1.165, 1.54) is 31.6 Å². The summed E-state index contributed by atoms with van der Waals surface area (Å²) in [5.41, 5.74) is 1.16. The summed E-state index contributed by atoms with van der Waals surface area (Å²) in [5, 5.41) is 0.441. The maximum atomic E-state index is 12.9. The Labute approximate surface area is 189 Å². The summed E-state index contributed by atoms with van der Waals surface area (Å²) in [5.74, 6) is -0.231. The number of sulfonamides is 1. The molecule has 2 heterocycles. The molecule has 1 fully saturated rings. The molecule has 3 aromatic rings. The van der Waals surface area contributed by atoms with Gasteiger partial charge < -0.3 is 4.90 Å². The third-order valence-electron chi connectivity index (χ3n) is 5.47. The van der Waals surface area contributed by atoms with Crippen LogP contribution in [0.15, 0.2) is 52.2 Å². The van der Waals surface area contributed by atoms with Crippen molar-refractivity contribution in [2.75, 3.05) is 26.2 Å². The zero-order valence-corrected chi connectivity index (χ0v) is 19.0. The molecule has 1 saturated heterocycles. The highest BCUT2D eigenvalue weighted by Gasteiger charge is 2.30. The summed E-state index contributed by atoms with van der Waals surface area (Å²) in [6, 6.07) is 11.4. The highest BCUT2D eigenvalue weighted by atomic mass is 35.5. The molecule has 1 aliphatic rings. The fourth-order valence-electron chi connectivity index (χ4n) is 3.72. The van der Waals surface area contributed by atoms with Crippen molar-refractivity contribution in [3.05, 3.63) is 63.0 Å². The van der Waals surface area contributed by atoms with Crippen molar-refractivity contribution in [3.8, 4) is 0 Å². The second kappa shape index (κ2) is 8.31. The summed E-state index contributed by atoms with van der Waals surface area (Å²) in [7, 11) is -2.08. The number of fused-ring (bicyclic) bond motifs is 1. The van der Waals surface area contributed by atoms with Crippen molar-refractivity contribution < 1.29 is 13.2 Å². The Morgan fingerprint density at radius 3 is 2.26 bits per heavy atom. The Hall–Kier alpha value is -2.33. The minimum absolute atomic E-state index is 0.0592. The number of carbonyl (C=O) groups is 1. The molecule has 0 bridgehead atoms. The predicted octanol–water partition coefficient (Wildman–Crippen LogP) is 2.18. The van der Waals surface area contributed by atoms with Crippen LogP contribution in [0, 0.1) is 0 Å². The highest BCUT2D eigenvalue weighted by molar-refractivity contribution is 7.89. The number of amides is 1. The lowest BCUT2D eigenvalue weighted by Crippen LogP contribution is -2.51. The van der Waals surface area contributed by atoms with Gasteiger partial charge in [-0.3, -0.25) is 13.9 Å². The molecule has 8 nitrogen and oxygen atoms in total. The molecule has 1 aliphatic heterocycles. The Bertz CT molecular complexity index is 1320. The summed E-state index contributed by atoms with van der Waals surface area (Å²) in [4.78, 5) is 27.0. The molecule has 2 aromatic carbocycles. The van der Waals surface area contributed by atoms with Crippen LogP contribution in [0.5, 0.6) is 0 Å². The van der Waals surface area contributed by atoms with E-state index >= 15 is 0 Å². The van der Waals surface area contributed by atoms with E-state index in [0.29, 0.717) is 5.52 Å². The molecule has 4 rings (SSSR count). The van der Waals surface area contributed by atoms with Crippen LogP contribution in [0.3, 0.4) is 0 Å². The van der Waals surface area contributed by atoms with Gasteiger partial charge in [0.1, 0.15) is 6.54 Å². The van der Waals surface area contributed by atoms with Gasteiger partial charge in [0.25, 0.3) is 0 Å². The van der Waals surface area contributed by atoms with Crippen LogP contribution in [0.2, 0.25) is 10.0 Å². The van der Waals surface area contributed by atoms with Crippen LogP contribution in [0.25, 0.3) is 11.0 Å². The number of halogens is 2. The van der Waals surface area contributed by atoms with Gasteiger partial charge in [0.05, 0.1) is 26.0 Å². The Kier molecular flexibility index (Phi) is 5.87. The largest absolute Gasteiger partial charge is 0.338 e. The lowest BCUT2D eigenvalue weighted by molar-refractivity contribution is -0.133. The first-order valence-corrected chi connectivity index (χ1v) is 11.8. The highest BCUT2D eigenvalue weighted by Crippen LogP contribution is 2.27. The first-order valence-electron chi connectivity index (χ1n) is 9.57. The van der Waals surface area contributed by atoms with Gasteiger partial charge in [0, 0.05) is 33.2 Å². The van der Waals surface area contributed by atoms with Crippen LogP contribution in [-0.2, 0) is 28.4 Å². The fraction of sp³-hybridized carbons (Fsp3) is 0.300. The van der Waals surface area contributed by atoms with Crippen molar-refractivity contribution in [2.45, 2.75) is 11.4 Å². The molecule has 0 atom stereocenters. The molecular weight excluding hydrogens is 463 g/mol. The average Bonchev–Trinajstić information content (AvgIpc) is 3.00. The van der Waals surface area contributed by atoms with E-state index in [9.17, 15) is 18.0 Å². The molecule has 0 N–H and O–H groups in total.